The topological polar surface area (TPSA) is 283 Å². The van der Waals surface area contributed by atoms with Crippen LogP contribution in [0.3, 0.4) is 0 Å². The Labute approximate surface area is 278 Å². The van der Waals surface area contributed by atoms with E-state index in [1.54, 1.807) is 0 Å². The monoisotopic (exact) mass is 716 g/mol. The minimum absolute atomic E-state index is 0.00452. The minimum Gasteiger partial charge on any atom is -0.438 e. The summed E-state index contributed by atoms with van der Waals surface area (Å²) in [7, 11) is -4.40. The zero-order valence-corrected chi connectivity index (χ0v) is 27.0. The Morgan fingerprint density at radius 2 is 1.80 bits per heavy atom. The molecule has 5 rings (SSSR count). The molecule has 22 nitrogen and oxygen atoms in total. The van der Waals surface area contributed by atoms with Gasteiger partial charge in [-0.3, -0.25) is 28.0 Å². The summed E-state index contributed by atoms with van der Waals surface area (Å²) in [4.78, 5) is 82.3. The van der Waals surface area contributed by atoms with Crippen molar-refractivity contribution in [3.05, 3.63) is 12.0 Å². The Hall–Kier alpha value is -4.18. The minimum atomic E-state index is -4.40. The first-order chi connectivity index (χ1) is 23.5. The number of rotatable bonds is 16. The third-order valence-electron chi connectivity index (χ3n) is 7.43. The second-order valence-electron chi connectivity index (χ2n) is 10.9. The third kappa shape index (κ3) is 9.50. The standard InChI is InChI=1S/C26H37N8O14P/c27-23-20-24(31-13-30-23)33(14-32-20)25-22(21-15(45-25)12-44-49(40,41)48-21)46-26(39)29-7-9-43-11-10-42-8-6-28-16(35)2-1-3-19(38)47-34-17(36)4-5-18(34)37/h14-15,21-22,25,31H,1-13H2,(H2,27,30)(H,28,35)(H,29,39)(H,40,41). The average molecular weight is 717 g/mol. The Morgan fingerprint density at radius 1 is 1.08 bits per heavy atom. The van der Waals surface area contributed by atoms with Gasteiger partial charge in [-0.25, -0.2) is 24.1 Å². The number of aliphatic imine (C=N–C) groups is 1. The van der Waals surface area contributed by atoms with Gasteiger partial charge in [-0.15, -0.1) is 5.06 Å². The number of carbonyl (C=O) groups is 5. The Morgan fingerprint density at radius 3 is 2.53 bits per heavy atom. The normalized spacial score (nSPS) is 26.0. The van der Waals surface area contributed by atoms with Crippen molar-refractivity contribution in [3.8, 4) is 0 Å². The van der Waals surface area contributed by atoms with Crippen LogP contribution in [0.25, 0.3) is 0 Å². The highest BCUT2D eigenvalue weighted by Crippen LogP contribution is 2.53. The number of imidazole rings is 1. The van der Waals surface area contributed by atoms with Gasteiger partial charge in [-0.1, -0.05) is 0 Å². The van der Waals surface area contributed by atoms with Crippen molar-refractivity contribution in [2.45, 2.75) is 56.6 Å². The smallest absolute Gasteiger partial charge is 0.438 e. The van der Waals surface area contributed by atoms with Crippen molar-refractivity contribution in [2.24, 2.45) is 10.7 Å². The van der Waals surface area contributed by atoms with Gasteiger partial charge < -0.3 is 50.4 Å². The number of fused-ring (bicyclic) bond motifs is 2. The summed E-state index contributed by atoms with van der Waals surface area (Å²) < 4.78 is 46.2. The predicted molar refractivity (Wildman–Crippen MR) is 160 cm³/mol. The van der Waals surface area contributed by atoms with E-state index in [1.165, 1.54) is 10.9 Å². The second kappa shape index (κ2) is 16.5. The number of nitrogens with zero attached hydrogens (tertiary/aromatic N) is 4. The number of amidine groups is 1. The van der Waals surface area contributed by atoms with Crippen LogP contribution in [0.4, 0.5) is 10.6 Å². The SMILES string of the molecule is NC1=NCNc2c1ncn2C1OC2COP(=O)(O)OC2C1OC(=O)NCCOCCOCCNC(=O)CCCC(=O)ON1C(=O)CCC1=O. The van der Waals surface area contributed by atoms with Crippen LogP contribution in [-0.4, -0.2) is 126 Å². The summed E-state index contributed by atoms with van der Waals surface area (Å²) in [6, 6.07) is 0. The Bertz CT molecular complexity index is 1470. The molecule has 0 saturated carbocycles. The molecule has 270 valence electrons. The lowest BCUT2D eigenvalue weighted by Crippen LogP contribution is -2.43. The van der Waals surface area contributed by atoms with Crippen LogP contribution in [0.5, 0.6) is 0 Å². The second-order valence-corrected chi connectivity index (χ2v) is 12.3. The molecule has 1 aromatic rings. The summed E-state index contributed by atoms with van der Waals surface area (Å²) in [5.41, 5.74) is 6.29. The van der Waals surface area contributed by atoms with Crippen molar-refractivity contribution < 1.29 is 66.3 Å². The number of hydrogen-bond acceptors (Lipinski definition) is 17. The summed E-state index contributed by atoms with van der Waals surface area (Å²) >= 11 is 0. The van der Waals surface area contributed by atoms with E-state index in [0.29, 0.717) is 16.6 Å². The molecule has 3 fully saturated rings. The molecule has 0 aromatic carbocycles. The first-order valence-electron chi connectivity index (χ1n) is 15.4. The molecule has 5 unspecified atom stereocenters. The summed E-state index contributed by atoms with van der Waals surface area (Å²) in [6.45, 7) is 0.934. The highest BCUT2D eigenvalue weighted by atomic mass is 31.2. The van der Waals surface area contributed by atoms with Crippen LogP contribution in [0.1, 0.15) is 44.0 Å². The van der Waals surface area contributed by atoms with E-state index in [0.717, 1.165) is 0 Å². The number of carbonyl (C=O) groups excluding carboxylic acids is 5. The lowest BCUT2D eigenvalue weighted by Gasteiger charge is -2.29. The zero-order chi connectivity index (χ0) is 35.0. The average Bonchev–Trinajstić information content (AvgIpc) is 3.73. The third-order valence-corrected chi connectivity index (χ3v) is 8.42. The highest BCUT2D eigenvalue weighted by molar-refractivity contribution is 7.47. The maximum atomic E-state index is 12.7. The molecule has 1 aromatic heterocycles. The number of anilines is 1. The van der Waals surface area contributed by atoms with Crippen molar-refractivity contribution in [2.75, 3.05) is 58.1 Å². The quantitative estimate of drug-likeness (QED) is 0.0732. The van der Waals surface area contributed by atoms with Gasteiger partial charge in [0.1, 0.15) is 36.2 Å². The van der Waals surface area contributed by atoms with E-state index in [9.17, 15) is 33.4 Å². The maximum absolute atomic E-state index is 12.7. The first kappa shape index (κ1) is 36.1. The first-order valence-corrected chi connectivity index (χ1v) is 16.9. The number of aromatic nitrogens is 2. The number of imide groups is 1. The fourth-order valence-corrected chi connectivity index (χ4v) is 6.08. The molecular weight excluding hydrogens is 679 g/mol. The van der Waals surface area contributed by atoms with Crippen LogP contribution in [-0.2, 0) is 56.6 Å². The molecule has 0 bridgehead atoms. The van der Waals surface area contributed by atoms with E-state index in [1.807, 2.05) is 0 Å². The lowest BCUT2D eigenvalue weighted by molar-refractivity contribution is -0.197. The fraction of sp³-hybridized carbons (Fsp3) is 0.654. The van der Waals surface area contributed by atoms with E-state index >= 15 is 0 Å². The molecule has 4 amide bonds. The van der Waals surface area contributed by atoms with Gasteiger partial charge in [0, 0.05) is 38.8 Å². The summed E-state index contributed by atoms with van der Waals surface area (Å²) in [6.07, 6.45) is -3.44. The summed E-state index contributed by atoms with van der Waals surface area (Å²) in [5, 5.41) is 8.67. The largest absolute Gasteiger partial charge is 0.472 e. The molecule has 23 heteroatoms. The Balaban J connectivity index is 0.934. The van der Waals surface area contributed by atoms with E-state index in [-0.39, 0.29) is 96.6 Å². The Kier molecular flexibility index (Phi) is 12.1. The van der Waals surface area contributed by atoms with Crippen molar-refractivity contribution >= 4 is 49.3 Å². The van der Waals surface area contributed by atoms with Crippen LogP contribution in [0.15, 0.2) is 11.3 Å². The number of phosphoric acid groups is 1. The van der Waals surface area contributed by atoms with Gasteiger partial charge in [0.2, 0.25) is 5.91 Å². The predicted octanol–water partition coefficient (Wildman–Crippen LogP) is -1.59. The number of ether oxygens (including phenoxy) is 4. The number of hydroxylamine groups is 2. The molecular formula is C26H37N8O14P. The van der Waals surface area contributed by atoms with Gasteiger partial charge in [0.05, 0.1) is 39.4 Å². The van der Waals surface area contributed by atoms with Crippen molar-refractivity contribution in [3.63, 3.8) is 0 Å². The van der Waals surface area contributed by atoms with Crippen LogP contribution in [0.2, 0.25) is 0 Å². The lowest BCUT2D eigenvalue weighted by atomic mass is 10.1. The van der Waals surface area contributed by atoms with Crippen molar-refractivity contribution in [1.29, 1.82) is 0 Å². The van der Waals surface area contributed by atoms with E-state index in [2.05, 4.69) is 25.9 Å². The van der Waals surface area contributed by atoms with Crippen molar-refractivity contribution in [1.82, 2.24) is 25.2 Å². The maximum Gasteiger partial charge on any atom is 0.472 e. The van der Waals surface area contributed by atoms with Gasteiger partial charge in [0.15, 0.2) is 12.3 Å². The van der Waals surface area contributed by atoms with Crippen LogP contribution in [0, 0.1) is 0 Å². The molecule has 0 radical (unpaired) electrons. The van der Waals surface area contributed by atoms with Crippen LogP contribution >= 0.6 is 7.82 Å². The number of nitrogens with one attached hydrogen (secondary N) is 3. The number of alkyl carbamates (subject to hydrolysis) is 1. The zero-order valence-electron chi connectivity index (χ0n) is 26.1. The fourth-order valence-electron chi connectivity index (χ4n) is 5.12. The van der Waals surface area contributed by atoms with E-state index < -0.39 is 56.2 Å². The molecule has 4 aliphatic rings. The van der Waals surface area contributed by atoms with Gasteiger partial charge in [0.25, 0.3) is 11.8 Å². The molecule has 0 spiro atoms. The molecule has 49 heavy (non-hydrogen) atoms. The molecule has 0 aliphatic carbocycles. The number of amides is 4. The molecule has 6 N–H and O–H groups in total. The number of phosphoric ester groups is 1. The number of nitrogens with two attached hydrogens (primary N) is 1. The highest BCUT2D eigenvalue weighted by Gasteiger charge is 2.55. The van der Waals surface area contributed by atoms with Crippen LogP contribution < -0.4 is 21.7 Å². The molecule has 3 saturated heterocycles. The molecule has 4 aliphatic heterocycles. The number of hydrogen-bond donors (Lipinski definition) is 5. The molecule has 5 atom stereocenters. The molecule has 5 heterocycles. The van der Waals surface area contributed by atoms with Gasteiger partial charge >= 0.3 is 19.9 Å². The van der Waals surface area contributed by atoms with Gasteiger partial charge in [-0.2, -0.15) is 0 Å². The van der Waals surface area contributed by atoms with Gasteiger partial charge in [-0.05, 0) is 6.42 Å². The summed E-state index contributed by atoms with van der Waals surface area (Å²) in [5.74, 6) is -1.54. The van der Waals surface area contributed by atoms with E-state index in [4.69, 9.17) is 38.6 Å².